The second kappa shape index (κ2) is 14.7. The molecule has 1 rings (SSSR count). The molecule has 0 saturated carbocycles. The fourth-order valence-electron chi connectivity index (χ4n) is 2.82. The molecule has 1 amide bonds. The monoisotopic (exact) mass is 425 g/mol. The van der Waals surface area contributed by atoms with Gasteiger partial charge in [0, 0.05) is 32.1 Å². The van der Waals surface area contributed by atoms with Crippen LogP contribution >= 0.6 is 0 Å². The zero-order valence-electron chi connectivity index (χ0n) is 17.5. The Hall–Kier alpha value is -2.25. The number of para-hydroxylation sites is 1. The quantitative estimate of drug-likeness (QED) is 0.296. The lowest BCUT2D eigenvalue weighted by Gasteiger charge is -2.21. The third-order valence-electron chi connectivity index (χ3n) is 4.57. The number of aliphatic hydroxyl groups is 2. The van der Waals surface area contributed by atoms with Crippen molar-refractivity contribution in [3.8, 4) is 5.75 Å². The first-order valence-electron chi connectivity index (χ1n) is 10.3. The summed E-state index contributed by atoms with van der Waals surface area (Å²) in [6, 6.07) is 8.36. The first-order chi connectivity index (χ1) is 14.4. The molecular formula is C23H33F2NO4. The Labute approximate surface area is 177 Å². The van der Waals surface area contributed by atoms with Crippen LogP contribution < -0.4 is 10.1 Å². The topological polar surface area (TPSA) is 78.8 Å². The largest absolute Gasteiger partial charge is 0.487 e. The van der Waals surface area contributed by atoms with Crippen LogP contribution in [0.2, 0.25) is 0 Å². The highest BCUT2D eigenvalue weighted by Crippen LogP contribution is 2.23. The van der Waals surface area contributed by atoms with E-state index in [2.05, 4.69) is 5.32 Å². The summed E-state index contributed by atoms with van der Waals surface area (Å²) in [5, 5.41) is 21.9. The number of ether oxygens (including phenoxy) is 1. The summed E-state index contributed by atoms with van der Waals surface area (Å²) in [4.78, 5) is 11.4. The van der Waals surface area contributed by atoms with Crippen molar-refractivity contribution in [1.29, 1.82) is 0 Å². The molecule has 0 spiro atoms. The Kier molecular flexibility index (Phi) is 12.6. The molecule has 5 nitrogen and oxygen atoms in total. The van der Waals surface area contributed by atoms with Crippen molar-refractivity contribution in [1.82, 2.24) is 5.32 Å². The summed E-state index contributed by atoms with van der Waals surface area (Å²) in [5.41, 5.74) is 0. The van der Waals surface area contributed by atoms with Crippen LogP contribution in [0.1, 0.15) is 32.6 Å². The van der Waals surface area contributed by atoms with Gasteiger partial charge in [-0.1, -0.05) is 36.4 Å². The van der Waals surface area contributed by atoms with Crippen molar-refractivity contribution < 1.29 is 28.5 Å². The molecule has 0 aliphatic heterocycles. The molecule has 3 N–H and O–H groups in total. The fraction of sp³-hybridized carbons (Fsp3) is 0.522. The van der Waals surface area contributed by atoms with E-state index in [1.165, 1.54) is 6.08 Å². The minimum Gasteiger partial charge on any atom is -0.487 e. The maximum atomic E-state index is 14.1. The molecule has 1 aromatic rings. The number of amides is 1. The van der Waals surface area contributed by atoms with Gasteiger partial charge in [-0.05, 0) is 50.3 Å². The van der Waals surface area contributed by atoms with E-state index in [1.807, 2.05) is 19.1 Å². The number of carbonyl (C=O) groups excluding carboxylic acids is 1. The van der Waals surface area contributed by atoms with Crippen LogP contribution in [0.25, 0.3) is 0 Å². The number of allylic oxidation sites excluding steroid dienone is 2. The van der Waals surface area contributed by atoms with Gasteiger partial charge in [0.1, 0.15) is 5.75 Å². The molecule has 7 heteroatoms. The van der Waals surface area contributed by atoms with Gasteiger partial charge in [-0.25, -0.2) is 0 Å². The first kappa shape index (κ1) is 25.8. The predicted octanol–water partition coefficient (Wildman–Crippen LogP) is 3.73. The number of unbranched alkanes of at least 4 members (excludes halogenated alkanes) is 1. The Balaban J connectivity index is 2.48. The zero-order chi connectivity index (χ0) is 22.2. The molecule has 2 atom stereocenters. The molecule has 1 aromatic carbocycles. The van der Waals surface area contributed by atoms with Gasteiger partial charge >= 0.3 is 0 Å². The SMILES string of the molecule is CCNC(=O)CCC/C=C/C[C@@H](CO)[C@@H](/C=C/C(F)(F)COc1ccccc1)CO. The van der Waals surface area contributed by atoms with Crippen LogP contribution in [0, 0.1) is 11.8 Å². The number of nitrogens with one attached hydrogen (secondary N) is 1. The summed E-state index contributed by atoms with van der Waals surface area (Å²) in [5.74, 6) is -3.80. The van der Waals surface area contributed by atoms with E-state index in [9.17, 15) is 23.8 Å². The van der Waals surface area contributed by atoms with Gasteiger partial charge in [0.05, 0.1) is 0 Å². The Morgan fingerprint density at radius 1 is 1.20 bits per heavy atom. The van der Waals surface area contributed by atoms with Gasteiger partial charge in [-0.2, -0.15) is 8.78 Å². The third kappa shape index (κ3) is 11.1. The first-order valence-corrected chi connectivity index (χ1v) is 10.3. The Morgan fingerprint density at radius 3 is 2.57 bits per heavy atom. The smallest absolute Gasteiger partial charge is 0.299 e. The lowest BCUT2D eigenvalue weighted by Crippen LogP contribution is -2.25. The number of hydrogen-bond acceptors (Lipinski definition) is 4. The molecule has 30 heavy (non-hydrogen) atoms. The molecule has 168 valence electrons. The van der Waals surface area contributed by atoms with Crippen LogP contribution in [-0.2, 0) is 4.79 Å². The zero-order valence-corrected chi connectivity index (χ0v) is 17.5. The molecule has 0 aliphatic carbocycles. The van der Waals surface area contributed by atoms with E-state index >= 15 is 0 Å². The number of halogens is 2. The lowest BCUT2D eigenvalue weighted by atomic mass is 9.89. The predicted molar refractivity (Wildman–Crippen MR) is 113 cm³/mol. The standard InChI is InChI=1S/C23H33F2NO4/c1-2-26-22(29)13-9-4-3-6-10-19(16-27)20(17-28)14-15-23(24,25)18-30-21-11-7-5-8-12-21/h3,5-8,11-12,14-15,19-20,27-28H,2,4,9-10,13,16-18H2,1H3,(H,26,29)/b6-3+,15-14+/t19-,20-/m0/s1. The molecule has 0 unspecified atom stereocenters. The summed E-state index contributed by atoms with van der Waals surface area (Å²) < 4.78 is 33.3. The fourth-order valence-corrected chi connectivity index (χ4v) is 2.82. The number of carbonyl (C=O) groups is 1. The Morgan fingerprint density at radius 2 is 1.93 bits per heavy atom. The molecule has 0 aromatic heterocycles. The second-order valence-electron chi connectivity index (χ2n) is 7.06. The van der Waals surface area contributed by atoms with Crippen LogP contribution in [0.3, 0.4) is 0 Å². The number of aliphatic hydroxyl groups excluding tert-OH is 2. The molecule has 0 heterocycles. The highest BCUT2D eigenvalue weighted by molar-refractivity contribution is 5.75. The number of benzene rings is 1. The number of rotatable bonds is 15. The van der Waals surface area contributed by atoms with Crippen molar-refractivity contribution in [3.63, 3.8) is 0 Å². The van der Waals surface area contributed by atoms with Crippen LogP contribution in [0.15, 0.2) is 54.6 Å². The normalized spacial score (nSPS) is 14.2. The van der Waals surface area contributed by atoms with Gasteiger partial charge in [0.2, 0.25) is 5.91 Å². The molecule has 0 saturated heterocycles. The minimum atomic E-state index is -3.20. The molecular weight excluding hydrogens is 392 g/mol. The molecule has 0 fully saturated rings. The average Bonchev–Trinajstić information content (AvgIpc) is 2.74. The van der Waals surface area contributed by atoms with E-state index in [0.29, 0.717) is 38.0 Å². The van der Waals surface area contributed by atoms with E-state index in [1.54, 1.807) is 30.3 Å². The molecule has 0 radical (unpaired) electrons. The Bertz CT molecular complexity index is 650. The summed E-state index contributed by atoms with van der Waals surface area (Å²) in [7, 11) is 0. The highest BCUT2D eigenvalue weighted by atomic mass is 19.3. The number of hydrogen-bond donors (Lipinski definition) is 3. The van der Waals surface area contributed by atoms with Gasteiger partial charge in [0.25, 0.3) is 5.92 Å². The van der Waals surface area contributed by atoms with Crippen molar-refractivity contribution in [2.45, 2.75) is 38.5 Å². The maximum absolute atomic E-state index is 14.1. The van der Waals surface area contributed by atoms with Crippen molar-refractivity contribution >= 4 is 5.91 Å². The number of alkyl halides is 2. The van der Waals surface area contributed by atoms with Crippen LogP contribution in [-0.4, -0.2) is 48.4 Å². The van der Waals surface area contributed by atoms with Gasteiger partial charge in [-0.15, -0.1) is 0 Å². The van der Waals surface area contributed by atoms with E-state index < -0.39 is 18.4 Å². The lowest BCUT2D eigenvalue weighted by molar-refractivity contribution is -0.121. The summed E-state index contributed by atoms with van der Waals surface area (Å²) in [6.07, 6.45) is 8.05. The van der Waals surface area contributed by atoms with Gasteiger partial charge in [-0.3, -0.25) is 4.79 Å². The summed E-state index contributed by atoms with van der Waals surface area (Å²) >= 11 is 0. The molecule has 0 aliphatic rings. The van der Waals surface area contributed by atoms with E-state index in [4.69, 9.17) is 4.74 Å². The van der Waals surface area contributed by atoms with Gasteiger partial charge in [0.15, 0.2) is 6.61 Å². The van der Waals surface area contributed by atoms with Crippen LogP contribution in [0.4, 0.5) is 8.78 Å². The van der Waals surface area contributed by atoms with Gasteiger partial charge < -0.3 is 20.3 Å². The van der Waals surface area contributed by atoms with Crippen molar-refractivity contribution in [3.05, 3.63) is 54.6 Å². The highest BCUT2D eigenvalue weighted by Gasteiger charge is 2.27. The van der Waals surface area contributed by atoms with Crippen molar-refractivity contribution in [2.24, 2.45) is 11.8 Å². The second-order valence-corrected chi connectivity index (χ2v) is 7.06. The average molecular weight is 426 g/mol. The van der Waals surface area contributed by atoms with Crippen LogP contribution in [0.5, 0.6) is 5.75 Å². The van der Waals surface area contributed by atoms with E-state index in [-0.39, 0.29) is 25.0 Å². The minimum absolute atomic E-state index is 0.0155. The summed E-state index contributed by atoms with van der Waals surface area (Å²) in [6.45, 7) is 1.10. The maximum Gasteiger partial charge on any atom is 0.299 e. The van der Waals surface area contributed by atoms with E-state index in [0.717, 1.165) is 6.08 Å². The van der Waals surface area contributed by atoms with Crippen molar-refractivity contribution in [2.75, 3.05) is 26.4 Å². The molecule has 0 bridgehead atoms. The third-order valence-corrected chi connectivity index (χ3v) is 4.57.